The number of fused-ring (bicyclic) bond motifs is 2. The molecule has 116 valence electrons. The summed E-state index contributed by atoms with van der Waals surface area (Å²) in [7, 11) is -3.12. The standard InChI is InChI=1S/C16H22ClNO2S/c1-2-9-21(19,20)16-7-5-13(6-8-16)18-14-3-4-15(18)11-12(17)10-14/h5-8,12,14-15H,2-4,9-11H2,1H3. The van der Waals surface area contributed by atoms with Crippen molar-refractivity contribution >= 4 is 27.1 Å². The second-order valence-electron chi connectivity index (χ2n) is 6.17. The molecule has 3 rings (SSSR count). The van der Waals surface area contributed by atoms with Crippen LogP contribution in [0.3, 0.4) is 0 Å². The Morgan fingerprint density at radius 2 is 1.71 bits per heavy atom. The molecular weight excluding hydrogens is 306 g/mol. The lowest BCUT2D eigenvalue weighted by molar-refractivity contribution is 0.474. The Morgan fingerprint density at radius 3 is 2.24 bits per heavy atom. The summed E-state index contributed by atoms with van der Waals surface area (Å²) in [6, 6.07) is 8.47. The predicted molar refractivity (Wildman–Crippen MR) is 86.9 cm³/mol. The third-order valence-electron chi connectivity index (χ3n) is 4.64. The highest BCUT2D eigenvalue weighted by Crippen LogP contribution is 2.41. The molecule has 0 aliphatic carbocycles. The van der Waals surface area contributed by atoms with Crippen molar-refractivity contribution in [1.82, 2.24) is 0 Å². The highest BCUT2D eigenvalue weighted by Gasteiger charge is 2.40. The van der Waals surface area contributed by atoms with Crippen molar-refractivity contribution in [3.05, 3.63) is 24.3 Å². The molecule has 0 spiro atoms. The minimum atomic E-state index is -3.12. The van der Waals surface area contributed by atoms with Crippen LogP contribution in [0.25, 0.3) is 0 Å². The minimum absolute atomic E-state index is 0.217. The van der Waals surface area contributed by atoms with Gasteiger partial charge in [-0.3, -0.25) is 0 Å². The number of benzene rings is 1. The molecule has 2 aliphatic heterocycles. The Kier molecular flexibility index (Phi) is 4.19. The normalized spacial score (nSPS) is 28.9. The molecule has 2 heterocycles. The molecule has 0 radical (unpaired) electrons. The van der Waals surface area contributed by atoms with Crippen LogP contribution in [0.5, 0.6) is 0 Å². The molecular formula is C16H22ClNO2S. The van der Waals surface area contributed by atoms with Gasteiger partial charge in [0.25, 0.3) is 0 Å². The summed E-state index contributed by atoms with van der Waals surface area (Å²) in [6.45, 7) is 1.89. The lowest BCUT2D eigenvalue weighted by Gasteiger charge is -2.39. The number of rotatable bonds is 4. The molecule has 2 bridgehead atoms. The van der Waals surface area contributed by atoms with Crippen molar-refractivity contribution in [2.24, 2.45) is 0 Å². The van der Waals surface area contributed by atoms with Gasteiger partial charge in [0.15, 0.2) is 9.84 Å². The SMILES string of the molecule is CCCS(=O)(=O)c1ccc(N2C3CCC2CC(Cl)C3)cc1. The summed E-state index contributed by atoms with van der Waals surface area (Å²) < 4.78 is 24.1. The molecule has 0 saturated carbocycles. The van der Waals surface area contributed by atoms with E-state index in [-0.39, 0.29) is 5.75 Å². The molecule has 2 aliphatic rings. The first-order valence-electron chi connectivity index (χ1n) is 7.76. The first kappa shape index (κ1) is 15.2. The lowest BCUT2D eigenvalue weighted by Crippen LogP contribution is -2.43. The van der Waals surface area contributed by atoms with E-state index < -0.39 is 9.84 Å². The van der Waals surface area contributed by atoms with Crippen LogP contribution in [0, 0.1) is 0 Å². The quantitative estimate of drug-likeness (QED) is 0.793. The molecule has 1 aromatic carbocycles. The van der Waals surface area contributed by atoms with E-state index in [4.69, 9.17) is 11.6 Å². The first-order chi connectivity index (χ1) is 10.0. The fourth-order valence-electron chi connectivity index (χ4n) is 3.74. The van der Waals surface area contributed by atoms with Gasteiger partial charge in [0.05, 0.1) is 10.6 Å². The number of alkyl halides is 1. The third kappa shape index (κ3) is 2.93. The summed E-state index contributed by atoms with van der Waals surface area (Å²) in [5, 5.41) is 0.294. The van der Waals surface area contributed by atoms with Crippen molar-refractivity contribution in [2.45, 2.75) is 61.4 Å². The van der Waals surface area contributed by atoms with Crippen LogP contribution < -0.4 is 4.90 Å². The van der Waals surface area contributed by atoms with Crippen LogP contribution >= 0.6 is 11.6 Å². The topological polar surface area (TPSA) is 37.4 Å². The summed E-state index contributed by atoms with van der Waals surface area (Å²) in [4.78, 5) is 2.89. The van der Waals surface area contributed by atoms with E-state index >= 15 is 0 Å². The number of halogens is 1. The number of anilines is 1. The van der Waals surface area contributed by atoms with Gasteiger partial charge in [0, 0.05) is 23.1 Å². The summed E-state index contributed by atoms with van der Waals surface area (Å²) in [5.74, 6) is 0.217. The maximum absolute atomic E-state index is 12.1. The van der Waals surface area contributed by atoms with Crippen molar-refractivity contribution in [1.29, 1.82) is 0 Å². The molecule has 2 unspecified atom stereocenters. The zero-order chi connectivity index (χ0) is 15.0. The minimum Gasteiger partial charge on any atom is -0.365 e. The fraction of sp³-hybridized carbons (Fsp3) is 0.625. The van der Waals surface area contributed by atoms with Crippen molar-refractivity contribution in [2.75, 3.05) is 10.7 Å². The maximum atomic E-state index is 12.1. The third-order valence-corrected chi connectivity index (χ3v) is 6.93. The average Bonchev–Trinajstić information content (AvgIpc) is 2.71. The van der Waals surface area contributed by atoms with Gasteiger partial charge < -0.3 is 4.90 Å². The number of piperidine rings is 1. The van der Waals surface area contributed by atoms with Crippen LogP contribution in [-0.2, 0) is 9.84 Å². The second-order valence-corrected chi connectivity index (χ2v) is 8.90. The zero-order valence-electron chi connectivity index (χ0n) is 12.3. The van der Waals surface area contributed by atoms with Gasteiger partial charge in [-0.25, -0.2) is 8.42 Å². The average molecular weight is 328 g/mol. The molecule has 2 atom stereocenters. The van der Waals surface area contributed by atoms with Gasteiger partial charge in [-0.1, -0.05) is 6.92 Å². The first-order valence-corrected chi connectivity index (χ1v) is 9.85. The Bertz CT molecular complexity index is 585. The number of sulfone groups is 1. The highest BCUT2D eigenvalue weighted by atomic mass is 35.5. The maximum Gasteiger partial charge on any atom is 0.178 e. The number of nitrogens with zero attached hydrogens (tertiary/aromatic N) is 1. The van der Waals surface area contributed by atoms with Gasteiger partial charge in [0.1, 0.15) is 0 Å². The van der Waals surface area contributed by atoms with Crippen LogP contribution in [-0.4, -0.2) is 31.6 Å². The predicted octanol–water partition coefficient (Wildman–Crippen LogP) is 3.61. The number of hydrogen-bond donors (Lipinski definition) is 0. The molecule has 3 nitrogen and oxygen atoms in total. The second kappa shape index (κ2) is 5.81. The van der Waals surface area contributed by atoms with E-state index in [2.05, 4.69) is 4.90 Å². The van der Waals surface area contributed by atoms with Gasteiger partial charge in [0.2, 0.25) is 0 Å². The molecule has 2 fully saturated rings. The molecule has 1 aromatic rings. The zero-order valence-corrected chi connectivity index (χ0v) is 13.9. The van der Waals surface area contributed by atoms with Gasteiger partial charge >= 0.3 is 0 Å². The van der Waals surface area contributed by atoms with Crippen molar-refractivity contribution in [3.8, 4) is 0 Å². The van der Waals surface area contributed by atoms with Crippen molar-refractivity contribution in [3.63, 3.8) is 0 Å². The Hall–Kier alpha value is -0.740. The molecule has 0 amide bonds. The fourth-order valence-corrected chi connectivity index (χ4v) is 5.48. The van der Waals surface area contributed by atoms with E-state index in [0.29, 0.717) is 28.8 Å². The largest absolute Gasteiger partial charge is 0.365 e. The van der Waals surface area contributed by atoms with E-state index in [1.54, 1.807) is 12.1 Å². The molecule has 2 saturated heterocycles. The van der Waals surface area contributed by atoms with E-state index in [9.17, 15) is 8.42 Å². The Morgan fingerprint density at radius 1 is 1.14 bits per heavy atom. The lowest BCUT2D eigenvalue weighted by atomic mass is 10.0. The Balaban J connectivity index is 1.82. The molecule has 0 N–H and O–H groups in total. The van der Waals surface area contributed by atoms with Crippen LogP contribution in [0.2, 0.25) is 0 Å². The summed E-state index contributed by atoms with van der Waals surface area (Å²) >= 11 is 6.31. The summed E-state index contributed by atoms with van der Waals surface area (Å²) in [5.41, 5.74) is 1.14. The van der Waals surface area contributed by atoms with Gasteiger partial charge in [-0.2, -0.15) is 0 Å². The van der Waals surface area contributed by atoms with Gasteiger partial charge in [-0.05, 0) is 56.4 Å². The smallest absolute Gasteiger partial charge is 0.178 e. The van der Waals surface area contributed by atoms with Crippen LogP contribution in [0.1, 0.15) is 39.0 Å². The van der Waals surface area contributed by atoms with Crippen LogP contribution in [0.4, 0.5) is 5.69 Å². The molecule has 5 heteroatoms. The molecule has 0 aromatic heterocycles. The van der Waals surface area contributed by atoms with Crippen LogP contribution in [0.15, 0.2) is 29.2 Å². The van der Waals surface area contributed by atoms with Crippen molar-refractivity contribution < 1.29 is 8.42 Å². The highest BCUT2D eigenvalue weighted by molar-refractivity contribution is 7.91. The van der Waals surface area contributed by atoms with E-state index in [0.717, 1.165) is 18.5 Å². The van der Waals surface area contributed by atoms with E-state index in [1.165, 1.54) is 12.8 Å². The molecule has 21 heavy (non-hydrogen) atoms. The number of hydrogen-bond acceptors (Lipinski definition) is 3. The van der Waals surface area contributed by atoms with Gasteiger partial charge in [-0.15, -0.1) is 11.6 Å². The Labute approximate surface area is 132 Å². The van der Waals surface area contributed by atoms with E-state index in [1.807, 2.05) is 19.1 Å². The summed E-state index contributed by atoms with van der Waals surface area (Å²) in [6.07, 6.45) is 5.12. The monoisotopic (exact) mass is 327 g/mol.